The lowest BCUT2D eigenvalue weighted by molar-refractivity contribution is -0.123. The zero-order valence-electron chi connectivity index (χ0n) is 11.5. The minimum absolute atomic E-state index is 0.181. The van der Waals surface area contributed by atoms with Crippen molar-refractivity contribution in [3.63, 3.8) is 0 Å². The van der Waals surface area contributed by atoms with Gasteiger partial charge in [-0.3, -0.25) is 4.79 Å². The van der Waals surface area contributed by atoms with Crippen LogP contribution in [0, 0.1) is 38.0 Å². The number of carbonyl (C=O) groups is 1. The molecule has 0 aromatic heterocycles. The minimum Gasteiger partial charge on any atom is -0.351 e. The van der Waals surface area contributed by atoms with Crippen LogP contribution < -0.4 is 5.32 Å². The SMILES string of the molecule is CCC(C#N)C(=O)NCc1c(C)cc(C)cc1C. The first kappa shape index (κ1) is 14.2. The molecule has 3 nitrogen and oxygen atoms in total. The zero-order valence-corrected chi connectivity index (χ0v) is 11.5. The standard InChI is InChI=1S/C15H20N2O/c1-5-13(8-16)15(18)17-9-14-11(3)6-10(2)7-12(14)4/h6-7,13H,5,9H2,1-4H3,(H,17,18). The summed E-state index contributed by atoms with van der Waals surface area (Å²) < 4.78 is 0. The van der Waals surface area contributed by atoms with Gasteiger partial charge in [0.15, 0.2) is 0 Å². The van der Waals surface area contributed by atoms with Crippen molar-refractivity contribution in [2.45, 2.75) is 40.7 Å². The van der Waals surface area contributed by atoms with Gasteiger partial charge in [0, 0.05) is 6.54 Å². The molecular formula is C15H20N2O. The number of nitrogens with zero attached hydrogens (tertiary/aromatic N) is 1. The fraction of sp³-hybridized carbons (Fsp3) is 0.467. The molecular weight excluding hydrogens is 224 g/mol. The van der Waals surface area contributed by atoms with E-state index in [9.17, 15) is 4.79 Å². The highest BCUT2D eigenvalue weighted by Crippen LogP contribution is 2.16. The lowest BCUT2D eigenvalue weighted by atomic mass is 9.99. The third kappa shape index (κ3) is 3.33. The number of hydrogen-bond acceptors (Lipinski definition) is 2. The molecule has 0 saturated heterocycles. The Morgan fingerprint density at radius 1 is 1.33 bits per heavy atom. The van der Waals surface area contributed by atoms with Crippen molar-refractivity contribution in [2.75, 3.05) is 0 Å². The number of nitriles is 1. The van der Waals surface area contributed by atoms with Crippen molar-refractivity contribution in [3.05, 3.63) is 34.4 Å². The lowest BCUT2D eigenvalue weighted by Crippen LogP contribution is -2.29. The molecule has 1 N–H and O–H groups in total. The zero-order chi connectivity index (χ0) is 13.7. The molecule has 3 heteroatoms. The molecule has 0 saturated carbocycles. The number of carbonyl (C=O) groups excluding carboxylic acids is 1. The van der Waals surface area contributed by atoms with E-state index in [4.69, 9.17) is 5.26 Å². The second-order valence-electron chi connectivity index (χ2n) is 4.69. The Labute approximate surface area is 109 Å². The highest BCUT2D eigenvalue weighted by Gasteiger charge is 2.15. The van der Waals surface area contributed by atoms with Crippen LogP contribution >= 0.6 is 0 Å². The number of hydrogen-bond donors (Lipinski definition) is 1. The first-order valence-corrected chi connectivity index (χ1v) is 6.23. The summed E-state index contributed by atoms with van der Waals surface area (Å²) in [7, 11) is 0. The van der Waals surface area contributed by atoms with E-state index in [0.717, 1.165) is 5.56 Å². The Morgan fingerprint density at radius 2 is 1.89 bits per heavy atom. The largest absolute Gasteiger partial charge is 0.351 e. The summed E-state index contributed by atoms with van der Waals surface area (Å²) in [4.78, 5) is 11.7. The minimum atomic E-state index is -0.545. The first-order chi connectivity index (χ1) is 8.49. The molecule has 0 fully saturated rings. The molecule has 1 aromatic rings. The van der Waals surface area contributed by atoms with Crippen LogP contribution in [0.2, 0.25) is 0 Å². The lowest BCUT2D eigenvalue weighted by Gasteiger charge is -2.13. The molecule has 0 heterocycles. The van der Waals surface area contributed by atoms with Crippen LogP contribution in [0.5, 0.6) is 0 Å². The Kier molecular flexibility index (Phi) is 4.91. The Hall–Kier alpha value is -1.82. The molecule has 0 radical (unpaired) electrons. The predicted octanol–water partition coefficient (Wildman–Crippen LogP) is 2.78. The van der Waals surface area contributed by atoms with E-state index in [-0.39, 0.29) is 5.91 Å². The highest BCUT2D eigenvalue weighted by atomic mass is 16.1. The van der Waals surface area contributed by atoms with Crippen molar-refractivity contribution in [1.82, 2.24) is 5.32 Å². The topological polar surface area (TPSA) is 52.9 Å². The van der Waals surface area contributed by atoms with Crippen LogP contribution in [-0.4, -0.2) is 5.91 Å². The molecule has 1 unspecified atom stereocenters. The summed E-state index contributed by atoms with van der Waals surface area (Å²) in [6.07, 6.45) is 0.550. The first-order valence-electron chi connectivity index (χ1n) is 6.23. The third-order valence-electron chi connectivity index (χ3n) is 3.16. The summed E-state index contributed by atoms with van der Waals surface area (Å²) in [5.41, 5.74) is 4.72. The molecule has 1 amide bonds. The van der Waals surface area contributed by atoms with Gasteiger partial charge in [-0.25, -0.2) is 0 Å². The van der Waals surface area contributed by atoms with Crippen LogP contribution in [0.25, 0.3) is 0 Å². The average Bonchev–Trinajstić information content (AvgIpc) is 2.29. The van der Waals surface area contributed by atoms with Gasteiger partial charge in [0.2, 0.25) is 5.91 Å². The number of aryl methyl sites for hydroxylation is 3. The van der Waals surface area contributed by atoms with Gasteiger partial charge in [-0.05, 0) is 43.9 Å². The number of nitrogens with one attached hydrogen (secondary N) is 1. The second-order valence-corrected chi connectivity index (χ2v) is 4.69. The normalized spacial score (nSPS) is 11.7. The van der Waals surface area contributed by atoms with Crippen molar-refractivity contribution < 1.29 is 4.79 Å². The third-order valence-corrected chi connectivity index (χ3v) is 3.16. The molecule has 0 bridgehead atoms. The molecule has 1 aromatic carbocycles. The van der Waals surface area contributed by atoms with E-state index < -0.39 is 5.92 Å². The smallest absolute Gasteiger partial charge is 0.237 e. The molecule has 0 spiro atoms. The molecule has 0 aliphatic heterocycles. The van der Waals surface area contributed by atoms with Crippen LogP contribution in [0.3, 0.4) is 0 Å². The van der Waals surface area contributed by atoms with E-state index >= 15 is 0 Å². The number of amides is 1. The van der Waals surface area contributed by atoms with Crippen molar-refractivity contribution in [1.29, 1.82) is 5.26 Å². The van der Waals surface area contributed by atoms with Gasteiger partial charge in [-0.15, -0.1) is 0 Å². The fourth-order valence-electron chi connectivity index (χ4n) is 2.12. The second kappa shape index (κ2) is 6.20. The maximum absolute atomic E-state index is 11.7. The van der Waals surface area contributed by atoms with Gasteiger partial charge in [0.1, 0.15) is 5.92 Å². The van der Waals surface area contributed by atoms with E-state index in [1.54, 1.807) is 0 Å². The van der Waals surface area contributed by atoms with E-state index in [1.807, 2.05) is 26.8 Å². The van der Waals surface area contributed by atoms with Gasteiger partial charge in [-0.2, -0.15) is 5.26 Å². The monoisotopic (exact) mass is 244 g/mol. The summed E-state index contributed by atoms with van der Waals surface area (Å²) >= 11 is 0. The summed E-state index contributed by atoms with van der Waals surface area (Å²) in [5.74, 6) is -0.726. The van der Waals surface area contributed by atoms with E-state index in [2.05, 4.69) is 24.4 Å². The van der Waals surface area contributed by atoms with Crippen molar-refractivity contribution in [3.8, 4) is 6.07 Å². The molecule has 0 aliphatic carbocycles. The summed E-state index contributed by atoms with van der Waals surface area (Å²) in [6, 6.07) is 6.23. The fourth-order valence-corrected chi connectivity index (χ4v) is 2.12. The van der Waals surface area contributed by atoms with E-state index in [0.29, 0.717) is 13.0 Å². The quantitative estimate of drug-likeness (QED) is 0.885. The van der Waals surface area contributed by atoms with Gasteiger partial charge in [0.05, 0.1) is 6.07 Å². The van der Waals surface area contributed by atoms with Gasteiger partial charge in [0.25, 0.3) is 0 Å². The maximum Gasteiger partial charge on any atom is 0.237 e. The predicted molar refractivity (Wildman–Crippen MR) is 71.9 cm³/mol. The highest BCUT2D eigenvalue weighted by molar-refractivity contribution is 5.81. The molecule has 96 valence electrons. The number of benzene rings is 1. The summed E-state index contributed by atoms with van der Waals surface area (Å²) in [6.45, 7) is 8.49. The molecule has 1 rings (SSSR count). The van der Waals surface area contributed by atoms with Gasteiger partial charge < -0.3 is 5.32 Å². The summed E-state index contributed by atoms with van der Waals surface area (Å²) in [5, 5.41) is 11.7. The average molecular weight is 244 g/mol. The molecule has 0 aliphatic rings. The molecule has 1 atom stereocenters. The Bertz CT molecular complexity index is 463. The van der Waals surface area contributed by atoms with Crippen molar-refractivity contribution in [2.24, 2.45) is 5.92 Å². The number of rotatable bonds is 4. The Balaban J connectivity index is 2.76. The van der Waals surface area contributed by atoms with Gasteiger partial charge in [-0.1, -0.05) is 24.6 Å². The van der Waals surface area contributed by atoms with Crippen LogP contribution in [0.15, 0.2) is 12.1 Å². The van der Waals surface area contributed by atoms with Crippen LogP contribution in [-0.2, 0) is 11.3 Å². The molecule has 18 heavy (non-hydrogen) atoms. The van der Waals surface area contributed by atoms with Gasteiger partial charge >= 0.3 is 0 Å². The van der Waals surface area contributed by atoms with Crippen molar-refractivity contribution >= 4 is 5.91 Å². The van der Waals surface area contributed by atoms with E-state index in [1.165, 1.54) is 16.7 Å². The van der Waals surface area contributed by atoms with Crippen LogP contribution in [0.1, 0.15) is 35.6 Å². The van der Waals surface area contributed by atoms with Crippen LogP contribution in [0.4, 0.5) is 0 Å². The maximum atomic E-state index is 11.7. The Morgan fingerprint density at radius 3 is 2.33 bits per heavy atom.